The molecule has 0 aliphatic rings. The van der Waals surface area contributed by atoms with Gasteiger partial charge >= 0.3 is 0 Å². The minimum absolute atomic E-state index is 0.385. The number of nitrogens with zero attached hydrogens (tertiary/aromatic N) is 3. The molecule has 2 N–H and O–H groups in total. The van der Waals surface area contributed by atoms with Gasteiger partial charge in [-0.25, -0.2) is 17.7 Å². The molecule has 0 fully saturated rings. The summed E-state index contributed by atoms with van der Waals surface area (Å²) in [4.78, 5) is 4.38. The lowest BCUT2D eigenvalue weighted by atomic mass is 10.1. The van der Waals surface area contributed by atoms with E-state index < -0.39 is 15.6 Å². The fraction of sp³-hybridized carbons (Fsp3) is 0.500. The third-order valence-corrected chi connectivity index (χ3v) is 3.63. The molecule has 110 valence electrons. The van der Waals surface area contributed by atoms with E-state index in [0.29, 0.717) is 12.5 Å². The summed E-state index contributed by atoms with van der Waals surface area (Å²) in [5.41, 5.74) is 1.19. The lowest BCUT2D eigenvalue weighted by molar-refractivity contribution is 0.475. The third kappa shape index (κ3) is 3.67. The van der Waals surface area contributed by atoms with E-state index in [1.165, 1.54) is 0 Å². The summed E-state index contributed by atoms with van der Waals surface area (Å²) in [6.45, 7) is 5.93. The van der Waals surface area contributed by atoms with Crippen molar-refractivity contribution in [3.63, 3.8) is 0 Å². The molecule has 0 saturated heterocycles. The molecule has 20 heavy (non-hydrogen) atoms. The van der Waals surface area contributed by atoms with E-state index in [-0.39, 0.29) is 0 Å². The zero-order chi connectivity index (χ0) is 15.0. The molecule has 2 aromatic heterocycles. The summed E-state index contributed by atoms with van der Waals surface area (Å²) in [7, 11) is -3.25. The normalized spacial score (nSPS) is 12.8. The first-order valence-electron chi connectivity index (χ1n) is 6.21. The molecule has 7 nitrogen and oxygen atoms in total. The Labute approximate surface area is 118 Å². The predicted octanol–water partition coefficient (Wildman–Crippen LogP) is 0.777. The van der Waals surface area contributed by atoms with Crippen molar-refractivity contribution in [2.24, 2.45) is 0 Å². The van der Waals surface area contributed by atoms with Crippen LogP contribution in [-0.2, 0) is 10.0 Å². The van der Waals surface area contributed by atoms with Crippen molar-refractivity contribution < 1.29 is 8.42 Å². The summed E-state index contributed by atoms with van der Waals surface area (Å²) in [6, 6.07) is 3.86. The monoisotopic (exact) mass is 297 g/mol. The molecule has 8 heteroatoms. The van der Waals surface area contributed by atoms with Crippen LogP contribution in [0.1, 0.15) is 19.4 Å². The van der Waals surface area contributed by atoms with Crippen LogP contribution in [0, 0.1) is 6.92 Å². The molecule has 0 saturated carbocycles. The zero-order valence-corrected chi connectivity index (χ0v) is 12.8. The lowest BCUT2D eigenvalue weighted by Gasteiger charge is -2.24. The maximum Gasteiger partial charge on any atom is 0.243 e. The molecule has 2 aromatic rings. The highest BCUT2D eigenvalue weighted by atomic mass is 32.2. The maximum atomic E-state index is 11.3. The highest BCUT2D eigenvalue weighted by molar-refractivity contribution is 7.88. The first-order chi connectivity index (χ1) is 9.16. The maximum absolute atomic E-state index is 11.3. The van der Waals surface area contributed by atoms with Gasteiger partial charge in [-0.3, -0.25) is 0 Å². The summed E-state index contributed by atoms with van der Waals surface area (Å²) in [6.07, 6.45) is 2.96. The van der Waals surface area contributed by atoms with Gasteiger partial charge in [-0.05, 0) is 32.4 Å². The van der Waals surface area contributed by atoms with E-state index in [1.54, 1.807) is 18.4 Å². The number of pyridine rings is 1. The second-order valence-corrected chi connectivity index (χ2v) is 7.25. The highest BCUT2D eigenvalue weighted by Crippen LogP contribution is 2.11. The zero-order valence-electron chi connectivity index (χ0n) is 12.0. The van der Waals surface area contributed by atoms with Gasteiger partial charge < -0.3 is 5.32 Å². The van der Waals surface area contributed by atoms with Gasteiger partial charge in [-0.2, -0.15) is 4.98 Å². The quantitative estimate of drug-likeness (QED) is 0.851. The molecular weight excluding hydrogens is 278 g/mol. The van der Waals surface area contributed by atoms with E-state index in [4.69, 9.17) is 0 Å². The number of fused-ring (bicyclic) bond motifs is 1. The minimum Gasteiger partial charge on any atom is -0.351 e. The number of aromatic nitrogens is 3. The van der Waals surface area contributed by atoms with Crippen molar-refractivity contribution in [3.05, 3.63) is 23.9 Å². The second-order valence-electron chi connectivity index (χ2n) is 5.51. The molecule has 0 aliphatic heterocycles. The molecule has 0 aromatic carbocycles. The Morgan fingerprint density at radius 1 is 1.40 bits per heavy atom. The van der Waals surface area contributed by atoms with Crippen LogP contribution < -0.4 is 10.0 Å². The topological polar surface area (TPSA) is 88.4 Å². The molecule has 2 rings (SSSR count). The molecular formula is C12H19N5O2S. The molecule has 0 amide bonds. The van der Waals surface area contributed by atoms with Crippen molar-refractivity contribution in [3.8, 4) is 0 Å². The van der Waals surface area contributed by atoms with E-state index in [0.717, 1.165) is 17.5 Å². The molecule has 0 bridgehead atoms. The minimum atomic E-state index is -3.25. The molecule has 0 unspecified atom stereocenters. The average molecular weight is 297 g/mol. The van der Waals surface area contributed by atoms with Gasteiger partial charge in [-0.1, -0.05) is 6.07 Å². The number of nitrogens with one attached hydrogen (secondary N) is 2. The van der Waals surface area contributed by atoms with Gasteiger partial charge in [-0.15, -0.1) is 5.10 Å². The van der Waals surface area contributed by atoms with Gasteiger partial charge in [0.15, 0.2) is 5.65 Å². The van der Waals surface area contributed by atoms with E-state index >= 15 is 0 Å². The Bertz CT molecular complexity index is 721. The number of anilines is 1. The van der Waals surface area contributed by atoms with Gasteiger partial charge in [0, 0.05) is 18.3 Å². The fourth-order valence-electron chi connectivity index (χ4n) is 1.95. The smallest absolute Gasteiger partial charge is 0.243 e. The average Bonchev–Trinajstić information content (AvgIpc) is 2.68. The van der Waals surface area contributed by atoms with Crippen molar-refractivity contribution in [2.75, 3.05) is 18.1 Å². The first-order valence-corrected chi connectivity index (χ1v) is 8.10. The Hall–Kier alpha value is -1.67. The standard InChI is InChI=1S/C12H19N5O2S/c1-9-6-5-7-17-10(9)14-11(15-17)13-8-12(2,3)16-20(4,18)19/h5-7,16H,8H2,1-4H3,(H,13,15). The summed E-state index contributed by atoms with van der Waals surface area (Å²) >= 11 is 0. The van der Waals surface area contributed by atoms with E-state index in [9.17, 15) is 8.42 Å². The van der Waals surface area contributed by atoms with Crippen molar-refractivity contribution in [1.29, 1.82) is 0 Å². The van der Waals surface area contributed by atoms with Gasteiger partial charge in [0.25, 0.3) is 0 Å². The van der Waals surface area contributed by atoms with Gasteiger partial charge in [0.1, 0.15) is 0 Å². The van der Waals surface area contributed by atoms with Crippen LogP contribution in [0.3, 0.4) is 0 Å². The second kappa shape index (κ2) is 5.02. The van der Waals surface area contributed by atoms with Crippen LogP contribution in [0.5, 0.6) is 0 Å². The lowest BCUT2D eigenvalue weighted by Crippen LogP contribution is -2.47. The van der Waals surface area contributed by atoms with Crippen molar-refractivity contribution in [2.45, 2.75) is 26.3 Å². The van der Waals surface area contributed by atoms with E-state index in [2.05, 4.69) is 20.1 Å². The predicted molar refractivity (Wildman–Crippen MR) is 78.3 cm³/mol. The third-order valence-electron chi connectivity index (χ3n) is 2.71. The summed E-state index contributed by atoms with van der Waals surface area (Å²) in [5.74, 6) is 0.475. The van der Waals surface area contributed by atoms with Crippen molar-refractivity contribution >= 4 is 21.6 Å². The van der Waals surface area contributed by atoms with Crippen LogP contribution in [-0.4, -0.2) is 41.4 Å². The largest absolute Gasteiger partial charge is 0.351 e. The Balaban J connectivity index is 2.11. The highest BCUT2D eigenvalue weighted by Gasteiger charge is 2.22. The van der Waals surface area contributed by atoms with Gasteiger partial charge in [0.2, 0.25) is 16.0 Å². The number of aryl methyl sites for hydroxylation is 1. The van der Waals surface area contributed by atoms with E-state index in [1.807, 2.05) is 25.3 Å². The summed E-state index contributed by atoms with van der Waals surface area (Å²) < 4.78 is 26.8. The molecule has 0 atom stereocenters. The van der Waals surface area contributed by atoms with Crippen LogP contribution >= 0.6 is 0 Å². The van der Waals surface area contributed by atoms with Crippen LogP contribution in [0.15, 0.2) is 18.3 Å². The Kier molecular flexibility index (Phi) is 3.70. The number of sulfonamides is 1. The van der Waals surface area contributed by atoms with Crippen LogP contribution in [0.2, 0.25) is 0 Å². The Morgan fingerprint density at radius 2 is 2.10 bits per heavy atom. The molecule has 0 spiro atoms. The SMILES string of the molecule is Cc1cccn2nc(NCC(C)(C)NS(C)(=O)=O)nc12. The Morgan fingerprint density at radius 3 is 2.70 bits per heavy atom. The number of hydrogen-bond donors (Lipinski definition) is 2. The number of hydrogen-bond acceptors (Lipinski definition) is 5. The van der Waals surface area contributed by atoms with Crippen LogP contribution in [0.4, 0.5) is 5.95 Å². The molecule has 0 aliphatic carbocycles. The van der Waals surface area contributed by atoms with Gasteiger partial charge in [0.05, 0.1) is 6.26 Å². The van der Waals surface area contributed by atoms with Crippen LogP contribution in [0.25, 0.3) is 5.65 Å². The molecule has 0 radical (unpaired) electrons. The fourth-order valence-corrected chi connectivity index (χ4v) is 3.03. The summed E-state index contributed by atoms with van der Waals surface area (Å²) in [5, 5.41) is 7.34. The van der Waals surface area contributed by atoms with Crippen molar-refractivity contribution in [1.82, 2.24) is 19.3 Å². The first kappa shape index (κ1) is 14.7. The molecule has 2 heterocycles. The number of rotatable bonds is 5.